The second-order valence-corrected chi connectivity index (χ2v) is 7.34. The van der Waals surface area contributed by atoms with Gasteiger partial charge in [-0.2, -0.15) is 10.3 Å². The summed E-state index contributed by atoms with van der Waals surface area (Å²) in [6.45, 7) is 1.28. The van der Waals surface area contributed by atoms with Gasteiger partial charge in [-0.3, -0.25) is 9.48 Å². The third-order valence-electron chi connectivity index (χ3n) is 5.60. The molecule has 2 aromatic carbocycles. The number of hydrogen-bond acceptors (Lipinski definition) is 5. The molecule has 0 saturated heterocycles. The number of nitrogens with one attached hydrogen (secondary N) is 1. The second kappa shape index (κ2) is 7.55. The van der Waals surface area contributed by atoms with Crippen molar-refractivity contribution in [2.45, 2.75) is 12.8 Å². The van der Waals surface area contributed by atoms with Crippen molar-refractivity contribution in [3.05, 3.63) is 71.4 Å². The topological polar surface area (TPSA) is 92.6 Å². The van der Waals surface area contributed by atoms with E-state index in [1.54, 1.807) is 0 Å². The number of tetrazole rings is 1. The number of benzene rings is 2. The van der Waals surface area contributed by atoms with Crippen LogP contribution in [0.4, 0.5) is 0 Å². The van der Waals surface area contributed by atoms with Crippen LogP contribution >= 0.6 is 0 Å². The number of aryl methyl sites for hydroxylation is 1. The van der Waals surface area contributed by atoms with E-state index in [1.807, 2.05) is 59.1 Å². The molecule has 8 heteroatoms. The number of H-pyrrole nitrogens is 1. The Morgan fingerprint density at radius 3 is 2.57 bits per heavy atom. The molecule has 1 aliphatic heterocycles. The lowest BCUT2D eigenvalue weighted by molar-refractivity contribution is 0.0763. The minimum absolute atomic E-state index is 0.0163. The van der Waals surface area contributed by atoms with Crippen LogP contribution in [0.2, 0.25) is 0 Å². The molecule has 4 aromatic rings. The summed E-state index contributed by atoms with van der Waals surface area (Å²) in [5, 5.41) is 18.9. The first-order chi connectivity index (χ1) is 14.7. The van der Waals surface area contributed by atoms with E-state index in [4.69, 9.17) is 5.10 Å². The Kier molecular flexibility index (Phi) is 4.59. The fourth-order valence-corrected chi connectivity index (χ4v) is 4.12. The van der Waals surface area contributed by atoms with Gasteiger partial charge in [0.2, 0.25) is 5.82 Å². The van der Waals surface area contributed by atoms with E-state index in [0.29, 0.717) is 30.0 Å². The largest absolute Gasteiger partial charge is 0.338 e. The van der Waals surface area contributed by atoms with Crippen LogP contribution in [-0.2, 0) is 19.9 Å². The summed E-state index contributed by atoms with van der Waals surface area (Å²) in [7, 11) is 1.98. The number of aromatic amines is 1. The maximum atomic E-state index is 13.4. The molecule has 0 fully saturated rings. The Morgan fingerprint density at radius 1 is 1.00 bits per heavy atom. The maximum absolute atomic E-state index is 13.4. The molecule has 0 unspecified atom stereocenters. The van der Waals surface area contributed by atoms with Crippen molar-refractivity contribution in [3.63, 3.8) is 0 Å². The van der Waals surface area contributed by atoms with Crippen molar-refractivity contribution in [1.29, 1.82) is 0 Å². The van der Waals surface area contributed by atoms with Crippen molar-refractivity contribution in [2.75, 3.05) is 13.1 Å². The molecule has 0 spiro atoms. The van der Waals surface area contributed by atoms with Gasteiger partial charge in [-0.15, -0.1) is 10.2 Å². The van der Waals surface area contributed by atoms with Gasteiger partial charge in [0.15, 0.2) is 0 Å². The number of rotatable bonds is 3. The van der Waals surface area contributed by atoms with Crippen LogP contribution in [0.3, 0.4) is 0 Å². The highest BCUT2D eigenvalue weighted by Crippen LogP contribution is 2.29. The van der Waals surface area contributed by atoms with Crippen molar-refractivity contribution < 1.29 is 4.79 Å². The van der Waals surface area contributed by atoms with Crippen LogP contribution in [-0.4, -0.2) is 54.3 Å². The van der Waals surface area contributed by atoms with Crippen molar-refractivity contribution in [3.8, 4) is 22.6 Å². The monoisotopic (exact) mass is 399 g/mol. The fourth-order valence-electron chi connectivity index (χ4n) is 4.12. The molecule has 0 atom stereocenters. The van der Waals surface area contributed by atoms with E-state index in [9.17, 15) is 4.79 Å². The molecule has 0 aliphatic carbocycles. The van der Waals surface area contributed by atoms with Crippen LogP contribution in [0.15, 0.2) is 54.6 Å². The molecule has 1 aliphatic rings. The van der Waals surface area contributed by atoms with Gasteiger partial charge in [0.05, 0.1) is 11.3 Å². The van der Waals surface area contributed by atoms with E-state index >= 15 is 0 Å². The third-order valence-corrected chi connectivity index (χ3v) is 5.60. The first kappa shape index (κ1) is 18.2. The molecule has 0 saturated carbocycles. The minimum Gasteiger partial charge on any atom is -0.338 e. The molecule has 8 nitrogen and oxygen atoms in total. The van der Waals surface area contributed by atoms with Crippen LogP contribution in [0.25, 0.3) is 22.6 Å². The lowest BCUT2D eigenvalue weighted by Gasteiger charge is -2.21. The van der Waals surface area contributed by atoms with Crippen molar-refractivity contribution in [2.24, 2.45) is 7.05 Å². The first-order valence-electron chi connectivity index (χ1n) is 9.94. The van der Waals surface area contributed by atoms with Gasteiger partial charge in [-0.1, -0.05) is 48.5 Å². The summed E-state index contributed by atoms with van der Waals surface area (Å²) < 4.78 is 1.96. The summed E-state index contributed by atoms with van der Waals surface area (Å²) in [6.07, 6.45) is 1.53. The molecule has 2 aromatic heterocycles. The lowest BCUT2D eigenvalue weighted by atomic mass is 10.0. The zero-order valence-electron chi connectivity index (χ0n) is 16.6. The number of aromatic nitrogens is 6. The summed E-state index contributed by atoms with van der Waals surface area (Å²) in [5.74, 6) is 0.407. The Balaban J connectivity index is 1.44. The highest BCUT2D eigenvalue weighted by atomic mass is 16.2. The zero-order valence-corrected chi connectivity index (χ0v) is 16.6. The zero-order chi connectivity index (χ0) is 20.5. The lowest BCUT2D eigenvalue weighted by Crippen LogP contribution is -2.33. The molecule has 3 heterocycles. The number of nitrogens with zero attached hydrogens (tertiary/aromatic N) is 6. The molecule has 1 N–H and O–H groups in total. The van der Waals surface area contributed by atoms with E-state index in [1.165, 1.54) is 11.3 Å². The highest BCUT2D eigenvalue weighted by Gasteiger charge is 2.26. The number of amides is 1. The van der Waals surface area contributed by atoms with Gasteiger partial charge in [-0.05, 0) is 17.7 Å². The van der Waals surface area contributed by atoms with Crippen LogP contribution < -0.4 is 0 Å². The van der Waals surface area contributed by atoms with Gasteiger partial charge < -0.3 is 4.90 Å². The number of hydrogen-bond donors (Lipinski definition) is 1. The molecular formula is C22H21N7O. The minimum atomic E-state index is -0.0163. The SMILES string of the molecule is Cn1nc(-c2ccccc2)c2c1CCN(C(=O)c1ccccc1-c1nn[nH]n1)CC2. The smallest absolute Gasteiger partial charge is 0.254 e. The van der Waals surface area contributed by atoms with E-state index in [-0.39, 0.29) is 5.91 Å². The van der Waals surface area contributed by atoms with E-state index in [2.05, 4.69) is 32.8 Å². The number of carbonyl (C=O) groups excluding carboxylic acids is 1. The Labute approximate surface area is 173 Å². The standard InChI is InChI=1S/C22H21N7O/c1-28-19-12-14-29(13-11-18(19)20(25-28)15-7-3-2-4-8-15)22(30)17-10-6-5-9-16(17)21-23-26-27-24-21/h2-10H,11-14H2,1H3,(H,23,24,26,27). The fraction of sp³-hybridized carbons (Fsp3) is 0.227. The second-order valence-electron chi connectivity index (χ2n) is 7.34. The molecule has 0 radical (unpaired) electrons. The number of fused-ring (bicyclic) bond motifs is 1. The third kappa shape index (κ3) is 3.16. The predicted octanol–water partition coefficient (Wildman–Crippen LogP) is 2.51. The molecule has 1 amide bonds. The average molecular weight is 399 g/mol. The van der Waals surface area contributed by atoms with Crippen molar-refractivity contribution in [1.82, 2.24) is 35.3 Å². The summed E-state index contributed by atoms with van der Waals surface area (Å²) >= 11 is 0. The first-order valence-corrected chi connectivity index (χ1v) is 9.94. The Hall–Kier alpha value is -3.81. The van der Waals surface area contributed by atoms with Crippen LogP contribution in [0, 0.1) is 0 Å². The van der Waals surface area contributed by atoms with Gasteiger partial charge in [0, 0.05) is 48.9 Å². The number of carbonyl (C=O) groups is 1. The predicted molar refractivity (Wildman–Crippen MR) is 112 cm³/mol. The maximum Gasteiger partial charge on any atom is 0.254 e. The molecule has 0 bridgehead atoms. The normalized spacial score (nSPS) is 13.7. The van der Waals surface area contributed by atoms with Crippen molar-refractivity contribution >= 4 is 5.91 Å². The van der Waals surface area contributed by atoms with Crippen LogP contribution in [0.5, 0.6) is 0 Å². The van der Waals surface area contributed by atoms with Gasteiger partial charge in [0.1, 0.15) is 0 Å². The van der Waals surface area contributed by atoms with Gasteiger partial charge in [-0.25, -0.2) is 0 Å². The van der Waals surface area contributed by atoms with E-state index < -0.39 is 0 Å². The molecule has 150 valence electrons. The van der Waals surface area contributed by atoms with E-state index in [0.717, 1.165) is 24.1 Å². The quantitative estimate of drug-likeness (QED) is 0.571. The van der Waals surface area contributed by atoms with Crippen LogP contribution in [0.1, 0.15) is 21.6 Å². The van der Waals surface area contributed by atoms with Gasteiger partial charge in [0.25, 0.3) is 5.91 Å². The average Bonchev–Trinajstić information content (AvgIpc) is 3.37. The summed E-state index contributed by atoms with van der Waals surface area (Å²) in [5.41, 5.74) is 5.81. The molecule has 30 heavy (non-hydrogen) atoms. The molecule has 5 rings (SSSR count). The highest BCUT2D eigenvalue weighted by molar-refractivity contribution is 6.00. The summed E-state index contributed by atoms with van der Waals surface area (Å²) in [6, 6.07) is 17.6. The Bertz CT molecular complexity index is 1180. The Morgan fingerprint density at radius 2 is 1.77 bits per heavy atom. The molecular weight excluding hydrogens is 378 g/mol. The summed E-state index contributed by atoms with van der Waals surface area (Å²) in [4.78, 5) is 15.3. The van der Waals surface area contributed by atoms with Gasteiger partial charge >= 0.3 is 0 Å².